The van der Waals surface area contributed by atoms with Crippen molar-refractivity contribution < 1.29 is 9.53 Å². The first-order valence-corrected chi connectivity index (χ1v) is 5.45. The van der Waals surface area contributed by atoms with Gasteiger partial charge in [-0.15, -0.1) is 5.10 Å². The van der Waals surface area contributed by atoms with Gasteiger partial charge in [0.25, 0.3) is 5.91 Å². The number of benzene rings is 1. The Morgan fingerprint density at radius 1 is 1.39 bits per heavy atom. The number of aromatic amines is 1. The zero-order valence-electron chi connectivity index (χ0n) is 10.4. The molecule has 0 aliphatic heterocycles. The first-order valence-electron chi connectivity index (χ1n) is 5.45. The van der Waals surface area contributed by atoms with E-state index in [0.717, 1.165) is 5.56 Å². The molecule has 1 amide bonds. The second kappa shape index (κ2) is 4.87. The van der Waals surface area contributed by atoms with E-state index in [1.54, 1.807) is 26.2 Å². The highest BCUT2D eigenvalue weighted by molar-refractivity contribution is 6.03. The second-order valence-corrected chi connectivity index (χ2v) is 3.88. The lowest BCUT2D eigenvalue weighted by atomic mass is 10.1. The van der Waals surface area contributed by atoms with Crippen LogP contribution in [0.2, 0.25) is 0 Å². The molecule has 1 heterocycles. The molecule has 0 bridgehead atoms. The number of carbonyl (C=O) groups is 1. The maximum Gasteiger partial charge on any atom is 0.258 e. The number of nitrogens with one attached hydrogen (secondary N) is 2. The molecule has 2 aromatic rings. The molecule has 0 saturated carbocycles. The largest absolute Gasteiger partial charge is 0.496 e. The third-order valence-corrected chi connectivity index (χ3v) is 2.49. The molecular formula is C12H14N4O2. The van der Waals surface area contributed by atoms with Crippen LogP contribution in [0.1, 0.15) is 21.7 Å². The minimum Gasteiger partial charge on any atom is -0.496 e. The van der Waals surface area contributed by atoms with Crippen LogP contribution in [0.15, 0.2) is 18.2 Å². The molecule has 0 radical (unpaired) electrons. The zero-order valence-corrected chi connectivity index (χ0v) is 10.4. The number of nitrogens with zero attached hydrogens (tertiary/aromatic N) is 2. The van der Waals surface area contributed by atoms with Crippen LogP contribution in [0, 0.1) is 13.8 Å². The molecule has 18 heavy (non-hydrogen) atoms. The van der Waals surface area contributed by atoms with Gasteiger partial charge in [0, 0.05) is 5.56 Å². The molecule has 0 atom stereocenters. The molecule has 0 unspecified atom stereocenters. The number of aryl methyl sites for hydroxylation is 2. The van der Waals surface area contributed by atoms with E-state index in [4.69, 9.17) is 4.74 Å². The van der Waals surface area contributed by atoms with Gasteiger partial charge in [0.1, 0.15) is 11.6 Å². The fourth-order valence-electron chi connectivity index (χ4n) is 1.53. The van der Waals surface area contributed by atoms with Crippen molar-refractivity contribution in [2.45, 2.75) is 13.8 Å². The number of H-pyrrole nitrogens is 1. The lowest BCUT2D eigenvalue weighted by Gasteiger charge is -2.06. The summed E-state index contributed by atoms with van der Waals surface area (Å²) in [6.07, 6.45) is 0. The van der Waals surface area contributed by atoms with Gasteiger partial charge in [-0.1, -0.05) is 6.07 Å². The molecule has 0 aliphatic rings. The van der Waals surface area contributed by atoms with Gasteiger partial charge < -0.3 is 4.74 Å². The average molecular weight is 246 g/mol. The van der Waals surface area contributed by atoms with E-state index in [0.29, 0.717) is 17.1 Å². The average Bonchev–Trinajstić information content (AvgIpc) is 2.75. The number of hydrogen-bond acceptors (Lipinski definition) is 4. The molecule has 0 aliphatic carbocycles. The highest BCUT2D eigenvalue weighted by Crippen LogP contribution is 2.19. The van der Waals surface area contributed by atoms with Crippen molar-refractivity contribution in [1.29, 1.82) is 0 Å². The normalized spacial score (nSPS) is 10.2. The lowest BCUT2D eigenvalue weighted by molar-refractivity contribution is 0.102. The Morgan fingerprint density at radius 3 is 2.78 bits per heavy atom. The van der Waals surface area contributed by atoms with Crippen LogP contribution in [0.25, 0.3) is 0 Å². The summed E-state index contributed by atoms with van der Waals surface area (Å²) in [5, 5.41) is 9.10. The molecule has 2 N–H and O–H groups in total. The number of methoxy groups -OCH3 is 1. The Labute approximate surface area is 104 Å². The Bertz CT molecular complexity index is 577. The number of aromatic nitrogens is 3. The van der Waals surface area contributed by atoms with Gasteiger partial charge in [0.15, 0.2) is 0 Å². The standard InChI is InChI=1S/C12H14N4O2/c1-7-4-5-9(6-10(7)18-3)11(17)14-12-13-8(2)15-16-12/h4-6H,1-3H3,(H2,13,14,15,16,17). The van der Waals surface area contributed by atoms with Crippen molar-refractivity contribution in [1.82, 2.24) is 15.2 Å². The number of carbonyl (C=O) groups excluding carboxylic acids is 1. The van der Waals surface area contributed by atoms with Gasteiger partial charge in [0.2, 0.25) is 5.95 Å². The molecule has 2 rings (SSSR count). The summed E-state index contributed by atoms with van der Waals surface area (Å²) in [7, 11) is 1.57. The number of ether oxygens (including phenoxy) is 1. The summed E-state index contributed by atoms with van der Waals surface area (Å²) < 4.78 is 5.17. The van der Waals surface area contributed by atoms with Gasteiger partial charge in [-0.3, -0.25) is 15.2 Å². The van der Waals surface area contributed by atoms with Gasteiger partial charge in [-0.2, -0.15) is 4.98 Å². The molecule has 0 spiro atoms. The zero-order chi connectivity index (χ0) is 13.1. The topological polar surface area (TPSA) is 79.9 Å². The Hall–Kier alpha value is -2.37. The highest BCUT2D eigenvalue weighted by atomic mass is 16.5. The van der Waals surface area contributed by atoms with Crippen LogP contribution in [-0.4, -0.2) is 28.2 Å². The molecular weight excluding hydrogens is 232 g/mol. The van der Waals surface area contributed by atoms with E-state index in [2.05, 4.69) is 20.5 Å². The van der Waals surface area contributed by atoms with E-state index in [-0.39, 0.29) is 11.9 Å². The fourth-order valence-corrected chi connectivity index (χ4v) is 1.53. The first kappa shape index (κ1) is 12.1. The maximum absolute atomic E-state index is 11.9. The summed E-state index contributed by atoms with van der Waals surface area (Å²) in [6, 6.07) is 5.24. The van der Waals surface area contributed by atoms with Crippen molar-refractivity contribution >= 4 is 11.9 Å². The molecule has 0 fully saturated rings. The van der Waals surface area contributed by atoms with Crippen molar-refractivity contribution in [3.8, 4) is 5.75 Å². The molecule has 6 heteroatoms. The SMILES string of the molecule is COc1cc(C(=O)Nc2n[nH]c(C)n2)ccc1C. The highest BCUT2D eigenvalue weighted by Gasteiger charge is 2.10. The Morgan fingerprint density at radius 2 is 2.17 bits per heavy atom. The molecule has 1 aromatic carbocycles. The van der Waals surface area contributed by atoms with E-state index in [1.165, 1.54) is 0 Å². The molecule has 94 valence electrons. The summed E-state index contributed by atoms with van der Waals surface area (Å²) in [5.74, 6) is 1.31. The van der Waals surface area contributed by atoms with E-state index in [1.807, 2.05) is 13.0 Å². The molecule has 6 nitrogen and oxygen atoms in total. The predicted octanol–water partition coefficient (Wildman–Crippen LogP) is 1.68. The van der Waals surface area contributed by atoms with Gasteiger partial charge >= 0.3 is 0 Å². The van der Waals surface area contributed by atoms with Gasteiger partial charge in [-0.25, -0.2) is 0 Å². The summed E-state index contributed by atoms with van der Waals surface area (Å²) >= 11 is 0. The van der Waals surface area contributed by atoms with Crippen molar-refractivity contribution in [2.75, 3.05) is 12.4 Å². The smallest absolute Gasteiger partial charge is 0.258 e. The number of amides is 1. The quantitative estimate of drug-likeness (QED) is 0.863. The van der Waals surface area contributed by atoms with Crippen LogP contribution in [0.3, 0.4) is 0 Å². The third kappa shape index (κ3) is 2.48. The fraction of sp³-hybridized carbons (Fsp3) is 0.250. The van der Waals surface area contributed by atoms with Crippen LogP contribution in [0.5, 0.6) is 5.75 Å². The van der Waals surface area contributed by atoms with Crippen molar-refractivity contribution in [3.63, 3.8) is 0 Å². The van der Waals surface area contributed by atoms with Gasteiger partial charge in [0.05, 0.1) is 7.11 Å². The summed E-state index contributed by atoms with van der Waals surface area (Å²) in [5.41, 5.74) is 1.47. The van der Waals surface area contributed by atoms with Crippen LogP contribution in [0.4, 0.5) is 5.95 Å². The van der Waals surface area contributed by atoms with Crippen molar-refractivity contribution in [3.05, 3.63) is 35.2 Å². The van der Waals surface area contributed by atoms with Crippen LogP contribution >= 0.6 is 0 Å². The molecule has 0 saturated heterocycles. The Balaban J connectivity index is 2.18. The number of anilines is 1. The van der Waals surface area contributed by atoms with Crippen molar-refractivity contribution in [2.24, 2.45) is 0 Å². The number of rotatable bonds is 3. The Kier molecular flexibility index (Phi) is 3.27. The minimum absolute atomic E-state index is 0.261. The second-order valence-electron chi connectivity index (χ2n) is 3.88. The monoisotopic (exact) mass is 246 g/mol. The van der Waals surface area contributed by atoms with Gasteiger partial charge in [-0.05, 0) is 31.5 Å². The van der Waals surface area contributed by atoms with Crippen LogP contribution < -0.4 is 10.1 Å². The number of hydrogen-bond donors (Lipinski definition) is 2. The first-order chi connectivity index (χ1) is 8.60. The van der Waals surface area contributed by atoms with E-state index >= 15 is 0 Å². The maximum atomic E-state index is 11.9. The summed E-state index contributed by atoms with van der Waals surface area (Å²) in [6.45, 7) is 3.68. The minimum atomic E-state index is -0.271. The molecule has 1 aromatic heterocycles. The summed E-state index contributed by atoms with van der Waals surface area (Å²) in [4.78, 5) is 15.9. The van der Waals surface area contributed by atoms with Crippen LogP contribution in [-0.2, 0) is 0 Å². The predicted molar refractivity (Wildman–Crippen MR) is 66.8 cm³/mol. The third-order valence-electron chi connectivity index (χ3n) is 2.49. The lowest BCUT2D eigenvalue weighted by Crippen LogP contribution is -2.13. The van der Waals surface area contributed by atoms with E-state index < -0.39 is 0 Å². The van der Waals surface area contributed by atoms with E-state index in [9.17, 15) is 4.79 Å².